The van der Waals surface area contributed by atoms with E-state index in [0.717, 1.165) is 23.1 Å². The monoisotopic (exact) mass is 227 g/mol. The maximum absolute atomic E-state index is 10.3. The average molecular weight is 227 g/mol. The fourth-order valence-electron chi connectivity index (χ4n) is 1.91. The van der Waals surface area contributed by atoms with Crippen molar-refractivity contribution in [3.05, 3.63) is 65.0 Å². The van der Waals surface area contributed by atoms with Crippen LogP contribution in [0.1, 0.15) is 35.3 Å². The molecule has 0 saturated carbocycles. The van der Waals surface area contributed by atoms with E-state index >= 15 is 0 Å². The lowest BCUT2D eigenvalue weighted by atomic mass is 9.98. The van der Waals surface area contributed by atoms with Gasteiger partial charge in [-0.1, -0.05) is 31.2 Å². The number of aliphatic hydroxyl groups excluding tert-OH is 1. The van der Waals surface area contributed by atoms with Crippen LogP contribution in [-0.4, -0.2) is 10.1 Å². The summed E-state index contributed by atoms with van der Waals surface area (Å²) in [4.78, 5) is 4.04. The van der Waals surface area contributed by atoms with Crippen molar-refractivity contribution in [1.82, 2.24) is 4.98 Å². The summed E-state index contributed by atoms with van der Waals surface area (Å²) >= 11 is 0. The van der Waals surface area contributed by atoms with Crippen molar-refractivity contribution >= 4 is 0 Å². The number of aryl methyl sites for hydroxylation is 2. The Hall–Kier alpha value is -1.67. The molecule has 2 heteroatoms. The molecule has 0 aliphatic rings. The largest absolute Gasteiger partial charge is 0.384 e. The van der Waals surface area contributed by atoms with E-state index in [-0.39, 0.29) is 0 Å². The summed E-state index contributed by atoms with van der Waals surface area (Å²) in [5.41, 5.74) is 4.15. The van der Waals surface area contributed by atoms with Crippen LogP contribution in [0.3, 0.4) is 0 Å². The number of aromatic nitrogens is 1. The molecular weight excluding hydrogens is 210 g/mol. The highest BCUT2D eigenvalue weighted by atomic mass is 16.3. The van der Waals surface area contributed by atoms with Gasteiger partial charge in [-0.15, -0.1) is 0 Å². The number of aliphatic hydroxyl groups is 1. The van der Waals surface area contributed by atoms with Gasteiger partial charge in [-0.3, -0.25) is 4.98 Å². The van der Waals surface area contributed by atoms with Gasteiger partial charge in [-0.05, 0) is 41.7 Å². The van der Waals surface area contributed by atoms with Gasteiger partial charge in [0.1, 0.15) is 6.10 Å². The standard InChI is InChI=1S/C15H17NO/c1-3-12-4-6-13(7-5-12)15(17)14-8-9-16-10-11(14)2/h4-10,15,17H,3H2,1-2H3. The topological polar surface area (TPSA) is 33.1 Å². The van der Waals surface area contributed by atoms with E-state index in [9.17, 15) is 5.11 Å². The molecule has 0 radical (unpaired) electrons. The number of rotatable bonds is 3. The normalized spacial score (nSPS) is 12.4. The Balaban J connectivity index is 2.30. The fourth-order valence-corrected chi connectivity index (χ4v) is 1.91. The van der Waals surface area contributed by atoms with Crippen molar-refractivity contribution in [2.24, 2.45) is 0 Å². The first-order chi connectivity index (χ1) is 8.22. The summed E-state index contributed by atoms with van der Waals surface area (Å²) in [6.45, 7) is 4.09. The van der Waals surface area contributed by atoms with Gasteiger partial charge in [-0.25, -0.2) is 0 Å². The van der Waals surface area contributed by atoms with Crippen LogP contribution in [0.2, 0.25) is 0 Å². The highest BCUT2D eigenvalue weighted by molar-refractivity contribution is 5.34. The van der Waals surface area contributed by atoms with Gasteiger partial charge in [0.05, 0.1) is 0 Å². The second-order valence-corrected chi connectivity index (χ2v) is 4.23. The third-order valence-electron chi connectivity index (χ3n) is 3.06. The Morgan fingerprint density at radius 1 is 1.18 bits per heavy atom. The Labute approximate surface area is 102 Å². The predicted molar refractivity (Wildman–Crippen MR) is 68.9 cm³/mol. The fraction of sp³-hybridized carbons (Fsp3) is 0.267. The van der Waals surface area contributed by atoms with Crippen molar-refractivity contribution in [3.8, 4) is 0 Å². The second-order valence-electron chi connectivity index (χ2n) is 4.23. The molecule has 0 fully saturated rings. The van der Waals surface area contributed by atoms with E-state index in [1.165, 1.54) is 5.56 Å². The molecule has 1 aromatic carbocycles. The van der Waals surface area contributed by atoms with Crippen molar-refractivity contribution < 1.29 is 5.11 Å². The van der Waals surface area contributed by atoms with E-state index in [0.29, 0.717) is 0 Å². The molecule has 0 amide bonds. The summed E-state index contributed by atoms with van der Waals surface area (Å²) in [5, 5.41) is 10.3. The van der Waals surface area contributed by atoms with Gasteiger partial charge in [0.2, 0.25) is 0 Å². The minimum atomic E-state index is -0.566. The third kappa shape index (κ3) is 2.53. The summed E-state index contributed by atoms with van der Waals surface area (Å²) < 4.78 is 0. The molecule has 1 aromatic heterocycles. The van der Waals surface area contributed by atoms with Gasteiger partial charge in [0.15, 0.2) is 0 Å². The summed E-state index contributed by atoms with van der Waals surface area (Å²) in [5.74, 6) is 0. The highest BCUT2D eigenvalue weighted by Gasteiger charge is 2.12. The molecule has 2 aromatic rings. The zero-order valence-corrected chi connectivity index (χ0v) is 10.2. The molecule has 2 rings (SSSR count). The number of hydrogen-bond donors (Lipinski definition) is 1. The molecule has 0 aliphatic heterocycles. The zero-order chi connectivity index (χ0) is 12.3. The average Bonchev–Trinajstić information content (AvgIpc) is 2.39. The lowest BCUT2D eigenvalue weighted by Gasteiger charge is -2.14. The van der Waals surface area contributed by atoms with Gasteiger partial charge in [0, 0.05) is 12.4 Å². The van der Waals surface area contributed by atoms with Crippen molar-refractivity contribution in [2.45, 2.75) is 26.4 Å². The molecule has 0 aliphatic carbocycles. The van der Waals surface area contributed by atoms with E-state index in [1.807, 2.05) is 25.1 Å². The number of benzene rings is 1. The second kappa shape index (κ2) is 5.11. The first-order valence-corrected chi connectivity index (χ1v) is 5.89. The Kier molecular flexibility index (Phi) is 3.55. The van der Waals surface area contributed by atoms with Crippen LogP contribution in [-0.2, 0) is 6.42 Å². The number of nitrogens with zero attached hydrogens (tertiary/aromatic N) is 1. The lowest BCUT2D eigenvalue weighted by Crippen LogP contribution is -2.02. The number of hydrogen-bond acceptors (Lipinski definition) is 2. The predicted octanol–water partition coefficient (Wildman–Crippen LogP) is 3.03. The SMILES string of the molecule is CCc1ccc(C(O)c2ccncc2C)cc1. The van der Waals surface area contributed by atoms with Crippen LogP contribution in [0.4, 0.5) is 0 Å². The molecule has 1 heterocycles. The first kappa shape index (κ1) is 11.8. The van der Waals surface area contributed by atoms with Crippen molar-refractivity contribution in [2.75, 3.05) is 0 Å². The molecule has 17 heavy (non-hydrogen) atoms. The van der Waals surface area contributed by atoms with Gasteiger partial charge >= 0.3 is 0 Å². The maximum atomic E-state index is 10.3. The Morgan fingerprint density at radius 2 is 1.88 bits per heavy atom. The van der Waals surface area contributed by atoms with Crippen LogP contribution in [0.25, 0.3) is 0 Å². The smallest absolute Gasteiger partial charge is 0.104 e. The molecule has 0 saturated heterocycles. The molecule has 0 bridgehead atoms. The van der Waals surface area contributed by atoms with E-state index in [2.05, 4.69) is 24.0 Å². The Morgan fingerprint density at radius 3 is 2.47 bits per heavy atom. The summed E-state index contributed by atoms with van der Waals surface area (Å²) in [6, 6.07) is 9.98. The van der Waals surface area contributed by atoms with E-state index in [1.54, 1.807) is 12.4 Å². The minimum Gasteiger partial charge on any atom is -0.384 e. The van der Waals surface area contributed by atoms with Crippen molar-refractivity contribution in [3.63, 3.8) is 0 Å². The minimum absolute atomic E-state index is 0.566. The molecule has 1 atom stereocenters. The quantitative estimate of drug-likeness (QED) is 0.874. The van der Waals surface area contributed by atoms with Gasteiger partial charge < -0.3 is 5.11 Å². The third-order valence-corrected chi connectivity index (χ3v) is 3.06. The first-order valence-electron chi connectivity index (χ1n) is 5.89. The summed E-state index contributed by atoms with van der Waals surface area (Å²) in [7, 11) is 0. The van der Waals surface area contributed by atoms with Crippen LogP contribution in [0.5, 0.6) is 0 Å². The zero-order valence-electron chi connectivity index (χ0n) is 10.2. The van der Waals surface area contributed by atoms with E-state index < -0.39 is 6.10 Å². The summed E-state index contributed by atoms with van der Waals surface area (Å²) in [6.07, 6.45) is 3.94. The van der Waals surface area contributed by atoms with Gasteiger partial charge in [-0.2, -0.15) is 0 Å². The lowest BCUT2D eigenvalue weighted by molar-refractivity contribution is 0.219. The van der Waals surface area contributed by atoms with Crippen LogP contribution < -0.4 is 0 Å². The van der Waals surface area contributed by atoms with E-state index in [4.69, 9.17) is 0 Å². The van der Waals surface area contributed by atoms with Crippen LogP contribution in [0, 0.1) is 6.92 Å². The Bertz CT molecular complexity index is 491. The van der Waals surface area contributed by atoms with Crippen LogP contribution in [0.15, 0.2) is 42.7 Å². The molecule has 2 nitrogen and oxygen atoms in total. The highest BCUT2D eigenvalue weighted by Crippen LogP contribution is 2.24. The molecule has 88 valence electrons. The molecular formula is C15H17NO. The maximum Gasteiger partial charge on any atom is 0.104 e. The molecule has 1 N–H and O–H groups in total. The number of pyridine rings is 1. The van der Waals surface area contributed by atoms with Gasteiger partial charge in [0.25, 0.3) is 0 Å². The molecule has 1 unspecified atom stereocenters. The van der Waals surface area contributed by atoms with Crippen molar-refractivity contribution in [1.29, 1.82) is 0 Å². The van der Waals surface area contributed by atoms with Crippen LogP contribution >= 0.6 is 0 Å². The molecule has 0 spiro atoms.